The molecule has 0 fully saturated rings. The molecular formula is C31H39N4O10-. The van der Waals surface area contributed by atoms with Crippen LogP contribution in [0.25, 0.3) is 0 Å². The summed E-state index contributed by atoms with van der Waals surface area (Å²) in [7, 11) is 0. The molecule has 1 aliphatic rings. The van der Waals surface area contributed by atoms with E-state index in [-0.39, 0.29) is 71.6 Å². The number of hydrogen-bond acceptors (Lipinski definition) is 11. The molecule has 2 unspecified atom stereocenters. The number of non-ortho nitro benzene ring substituents is 1. The van der Waals surface area contributed by atoms with Crippen LogP contribution in [-0.4, -0.2) is 65.3 Å². The van der Waals surface area contributed by atoms with E-state index in [1.54, 1.807) is 31.2 Å². The van der Waals surface area contributed by atoms with E-state index in [4.69, 9.17) is 9.47 Å². The van der Waals surface area contributed by atoms with Crippen molar-refractivity contribution in [1.29, 1.82) is 0 Å². The van der Waals surface area contributed by atoms with Gasteiger partial charge in [0.05, 0.1) is 23.1 Å². The number of carboxylic acids is 1. The Morgan fingerprint density at radius 2 is 1.73 bits per heavy atom. The molecule has 0 spiro atoms. The van der Waals surface area contributed by atoms with Crippen LogP contribution < -0.4 is 25.8 Å². The van der Waals surface area contributed by atoms with Crippen LogP contribution in [0.15, 0.2) is 71.1 Å². The van der Waals surface area contributed by atoms with Crippen molar-refractivity contribution < 1.29 is 44.5 Å². The second-order valence-corrected chi connectivity index (χ2v) is 10.6. The molecule has 2 atom stereocenters. The molecule has 45 heavy (non-hydrogen) atoms. The van der Waals surface area contributed by atoms with Crippen molar-refractivity contribution >= 4 is 29.2 Å². The first kappa shape index (κ1) is 36.4. The Hall–Kier alpha value is -4.79. The lowest BCUT2D eigenvalue weighted by Crippen LogP contribution is -2.37. The molecule has 0 saturated heterocycles. The number of hydrogen-bond donors (Lipinski definition) is 4. The molecule has 6 N–H and O–H groups in total. The number of carbonyl (C=O) groups excluding carboxylic acids is 3. The van der Waals surface area contributed by atoms with Gasteiger partial charge in [-0.15, -0.1) is 0 Å². The number of amides is 1. The molecule has 0 saturated carbocycles. The Morgan fingerprint density at radius 3 is 2.36 bits per heavy atom. The molecule has 3 rings (SSSR count). The van der Waals surface area contributed by atoms with Gasteiger partial charge >= 0.3 is 5.97 Å². The Balaban J connectivity index is 0.00000705. The van der Waals surface area contributed by atoms with E-state index in [9.17, 15) is 34.7 Å². The third-order valence-corrected chi connectivity index (χ3v) is 6.74. The number of aliphatic hydroxyl groups excluding tert-OH is 1. The van der Waals surface area contributed by atoms with Gasteiger partial charge in [-0.05, 0) is 50.1 Å². The first-order valence-corrected chi connectivity index (χ1v) is 14.1. The quantitative estimate of drug-likeness (QED) is 0.0957. The summed E-state index contributed by atoms with van der Waals surface area (Å²) in [5, 5.41) is 42.1. The van der Waals surface area contributed by atoms with Crippen LogP contribution in [0.3, 0.4) is 0 Å². The number of nitro benzene ring substituents is 1. The van der Waals surface area contributed by atoms with Gasteiger partial charge in [0.15, 0.2) is 0 Å². The monoisotopic (exact) mass is 627 g/mol. The van der Waals surface area contributed by atoms with Crippen LogP contribution in [0.1, 0.15) is 52.0 Å². The van der Waals surface area contributed by atoms with Crippen molar-refractivity contribution in [3.63, 3.8) is 0 Å². The number of nitro groups is 1. The molecule has 0 aliphatic carbocycles. The molecule has 14 nitrogen and oxygen atoms in total. The molecular weight excluding hydrogens is 588 g/mol. The Morgan fingerprint density at radius 1 is 1.07 bits per heavy atom. The normalized spacial score (nSPS) is 15.1. The van der Waals surface area contributed by atoms with Crippen molar-refractivity contribution in [3.05, 3.63) is 86.7 Å². The van der Waals surface area contributed by atoms with Crippen LogP contribution >= 0.6 is 0 Å². The van der Waals surface area contributed by atoms with Crippen LogP contribution in [-0.2, 0) is 19.1 Å². The summed E-state index contributed by atoms with van der Waals surface area (Å²) in [5.74, 6) is -3.29. The Bertz CT molecular complexity index is 1440. The predicted molar refractivity (Wildman–Crippen MR) is 163 cm³/mol. The van der Waals surface area contributed by atoms with E-state index in [1.807, 2.05) is 13.8 Å². The molecule has 2 aromatic rings. The van der Waals surface area contributed by atoms with Gasteiger partial charge in [0.25, 0.3) is 5.69 Å². The van der Waals surface area contributed by atoms with E-state index in [1.165, 1.54) is 31.2 Å². The van der Waals surface area contributed by atoms with Crippen molar-refractivity contribution in [3.8, 4) is 5.75 Å². The highest BCUT2D eigenvalue weighted by Gasteiger charge is 2.35. The lowest BCUT2D eigenvalue weighted by atomic mass is 9.80. The standard InChI is InChI=1S/C31H38N4O9.H2O/c1-18(2)32-16-24(36)17-44-25-12-10-22(11-13-25)34-26(37)9-6-14-43-31(40)28-20(4)33-19(3)27(30(38)39)29(28)21-7-5-8-23(15-21)35(41)42;/h5,7-8,10-13,15,18,24,29,32-33,36H,6,9,14,16-17H2,1-4H3,(H,34,37)(H,38,39);1H2/p-1. The number of esters is 1. The van der Waals surface area contributed by atoms with Gasteiger partial charge < -0.3 is 45.9 Å². The number of aliphatic carboxylic acids is 1. The maximum atomic E-state index is 13.2. The third kappa shape index (κ3) is 10.4. The van der Waals surface area contributed by atoms with Gasteiger partial charge in [0, 0.05) is 59.7 Å². The minimum Gasteiger partial charge on any atom is -0.545 e. The maximum absolute atomic E-state index is 13.2. The number of allylic oxidation sites excluding steroid dienone is 2. The van der Waals surface area contributed by atoms with Crippen molar-refractivity contribution in [2.75, 3.05) is 25.1 Å². The van der Waals surface area contributed by atoms with E-state index >= 15 is 0 Å². The highest BCUT2D eigenvalue weighted by Crippen LogP contribution is 2.39. The van der Waals surface area contributed by atoms with Gasteiger partial charge in [0.1, 0.15) is 18.5 Å². The van der Waals surface area contributed by atoms with Crippen LogP contribution in [0, 0.1) is 10.1 Å². The zero-order valence-electron chi connectivity index (χ0n) is 25.5. The zero-order chi connectivity index (χ0) is 32.4. The predicted octanol–water partition coefficient (Wildman–Crippen LogP) is 1.45. The average Bonchev–Trinajstić information content (AvgIpc) is 2.97. The molecule has 1 heterocycles. The summed E-state index contributed by atoms with van der Waals surface area (Å²) in [6, 6.07) is 12.3. The number of rotatable bonds is 15. The fourth-order valence-electron chi connectivity index (χ4n) is 4.64. The summed E-state index contributed by atoms with van der Waals surface area (Å²) in [6.07, 6.45) is -0.443. The highest BCUT2D eigenvalue weighted by molar-refractivity contribution is 5.98. The number of nitrogens with one attached hydrogen (secondary N) is 3. The molecule has 0 radical (unpaired) electrons. The number of benzene rings is 2. The third-order valence-electron chi connectivity index (χ3n) is 6.74. The Labute approximate surface area is 260 Å². The van der Waals surface area contributed by atoms with Crippen LogP contribution in [0.4, 0.5) is 11.4 Å². The lowest BCUT2D eigenvalue weighted by molar-refractivity contribution is -0.384. The van der Waals surface area contributed by atoms with Gasteiger partial charge in [-0.2, -0.15) is 0 Å². The summed E-state index contributed by atoms with van der Waals surface area (Å²) in [6.45, 7) is 7.45. The maximum Gasteiger partial charge on any atom is 0.336 e. The van der Waals surface area contributed by atoms with Crippen molar-refractivity contribution in [2.24, 2.45) is 0 Å². The topological polar surface area (TPSA) is 224 Å². The number of carbonyl (C=O) groups is 3. The number of aliphatic hydroxyl groups is 1. The Kier molecular flexibility index (Phi) is 13.7. The van der Waals surface area contributed by atoms with Gasteiger partial charge in [-0.3, -0.25) is 14.9 Å². The molecule has 0 aromatic heterocycles. The fraction of sp³-hybridized carbons (Fsp3) is 0.387. The van der Waals surface area contributed by atoms with E-state index in [2.05, 4.69) is 16.0 Å². The number of dihydropyridines is 1. The summed E-state index contributed by atoms with van der Waals surface area (Å²) >= 11 is 0. The van der Waals surface area contributed by atoms with E-state index in [0.717, 1.165) is 0 Å². The summed E-state index contributed by atoms with van der Waals surface area (Å²) < 4.78 is 11.0. The molecule has 1 aliphatic heterocycles. The molecule has 2 aromatic carbocycles. The summed E-state index contributed by atoms with van der Waals surface area (Å²) in [4.78, 5) is 48.4. The fourth-order valence-corrected chi connectivity index (χ4v) is 4.64. The molecule has 0 bridgehead atoms. The van der Waals surface area contributed by atoms with E-state index in [0.29, 0.717) is 23.7 Å². The highest BCUT2D eigenvalue weighted by atomic mass is 16.6. The molecule has 1 amide bonds. The number of carboxylic acid groups (broad SMARTS) is 1. The second-order valence-electron chi connectivity index (χ2n) is 10.6. The van der Waals surface area contributed by atoms with Gasteiger partial charge in [-0.1, -0.05) is 26.0 Å². The average molecular weight is 628 g/mol. The second kappa shape index (κ2) is 16.9. The smallest absolute Gasteiger partial charge is 0.336 e. The first-order valence-electron chi connectivity index (χ1n) is 14.1. The minimum absolute atomic E-state index is 0. The van der Waals surface area contributed by atoms with Crippen LogP contribution in [0.5, 0.6) is 5.75 Å². The SMILES string of the molecule is CC1=C(C(=O)[O-])C(c2cccc([N+](=O)[O-])c2)C(C(=O)OCCCC(=O)Nc2ccc(OCC(O)CNC(C)C)cc2)=C(C)N1.O. The lowest BCUT2D eigenvalue weighted by Gasteiger charge is -2.32. The zero-order valence-corrected chi connectivity index (χ0v) is 25.5. The van der Waals surface area contributed by atoms with Gasteiger partial charge in [-0.25, -0.2) is 4.79 Å². The van der Waals surface area contributed by atoms with Crippen molar-refractivity contribution in [2.45, 2.75) is 58.6 Å². The number of nitrogens with zero attached hydrogens (tertiary/aromatic N) is 1. The first-order chi connectivity index (χ1) is 20.9. The van der Waals surface area contributed by atoms with Gasteiger partial charge in [0.2, 0.25) is 5.91 Å². The molecule has 14 heteroatoms. The molecule has 244 valence electrons. The summed E-state index contributed by atoms with van der Waals surface area (Å²) in [5.41, 5.74) is 0.810. The largest absolute Gasteiger partial charge is 0.545 e. The number of anilines is 1. The minimum atomic E-state index is -1.53. The van der Waals surface area contributed by atoms with E-state index < -0.39 is 28.9 Å². The van der Waals surface area contributed by atoms with Crippen molar-refractivity contribution in [1.82, 2.24) is 10.6 Å². The number of ether oxygens (including phenoxy) is 2. The van der Waals surface area contributed by atoms with Crippen LogP contribution in [0.2, 0.25) is 0 Å².